The van der Waals surface area contributed by atoms with Crippen molar-refractivity contribution in [2.75, 3.05) is 24.9 Å². The van der Waals surface area contributed by atoms with Crippen molar-refractivity contribution in [3.05, 3.63) is 36.7 Å². The van der Waals surface area contributed by atoms with Crippen molar-refractivity contribution in [2.45, 2.75) is 6.42 Å². The molecule has 0 bridgehead atoms. The zero-order chi connectivity index (χ0) is 14.6. The zero-order valence-corrected chi connectivity index (χ0v) is 12.1. The van der Waals surface area contributed by atoms with Crippen molar-refractivity contribution in [1.82, 2.24) is 9.29 Å². The summed E-state index contributed by atoms with van der Waals surface area (Å²) in [5.74, 6) is 0. The summed E-state index contributed by atoms with van der Waals surface area (Å²) in [7, 11) is -2.04. The van der Waals surface area contributed by atoms with E-state index in [2.05, 4.69) is 9.71 Å². The van der Waals surface area contributed by atoms with Gasteiger partial charge in [0.2, 0.25) is 0 Å². The number of aromatic nitrogens is 1. The van der Waals surface area contributed by atoms with Gasteiger partial charge in [-0.25, -0.2) is 0 Å². The fraction of sp³-hybridized carbons (Fsp3) is 0.308. The molecule has 2 rings (SSSR count). The number of nitrogens with one attached hydrogen (secondary N) is 1. The van der Waals surface area contributed by atoms with Crippen LogP contribution < -0.4 is 10.5 Å². The Morgan fingerprint density at radius 2 is 2.15 bits per heavy atom. The van der Waals surface area contributed by atoms with Crippen LogP contribution in [-0.4, -0.2) is 37.8 Å². The molecule has 6 nitrogen and oxygen atoms in total. The second-order valence-corrected chi connectivity index (χ2v) is 6.25. The number of nitrogens with zero attached hydrogens (tertiary/aromatic N) is 2. The van der Waals surface area contributed by atoms with E-state index in [1.807, 2.05) is 6.07 Å². The van der Waals surface area contributed by atoms with Crippen molar-refractivity contribution >= 4 is 26.7 Å². The number of rotatable bonds is 6. The van der Waals surface area contributed by atoms with Gasteiger partial charge in [0.05, 0.1) is 5.69 Å². The highest BCUT2D eigenvalue weighted by atomic mass is 32.2. The fourth-order valence-electron chi connectivity index (χ4n) is 1.86. The Balaban J connectivity index is 2.27. The summed E-state index contributed by atoms with van der Waals surface area (Å²) in [6.45, 7) is 0.845. The number of benzene rings is 1. The molecule has 0 unspecified atom stereocenters. The van der Waals surface area contributed by atoms with E-state index in [1.54, 1.807) is 30.6 Å². The molecule has 1 heterocycles. The van der Waals surface area contributed by atoms with E-state index in [1.165, 1.54) is 11.4 Å². The normalized spacial score (nSPS) is 11.9. The number of hydrogen-bond acceptors (Lipinski definition) is 4. The fourth-order valence-corrected chi connectivity index (χ4v) is 2.84. The first-order valence-electron chi connectivity index (χ1n) is 6.31. The molecule has 0 atom stereocenters. The van der Waals surface area contributed by atoms with E-state index in [9.17, 15) is 8.42 Å². The van der Waals surface area contributed by atoms with Crippen LogP contribution in [0.4, 0.5) is 5.69 Å². The Hall–Kier alpha value is -1.70. The minimum absolute atomic E-state index is 0.387. The van der Waals surface area contributed by atoms with E-state index in [4.69, 9.17) is 5.73 Å². The molecule has 1 aromatic carbocycles. The smallest absolute Gasteiger partial charge is 0.301 e. The molecule has 0 spiro atoms. The molecule has 0 aliphatic rings. The molecule has 1 aromatic heterocycles. The van der Waals surface area contributed by atoms with Crippen molar-refractivity contribution in [1.29, 1.82) is 0 Å². The molecule has 0 radical (unpaired) electrons. The summed E-state index contributed by atoms with van der Waals surface area (Å²) in [6, 6.07) is 7.20. The number of fused-ring (bicyclic) bond motifs is 1. The van der Waals surface area contributed by atoms with Gasteiger partial charge in [-0.05, 0) is 25.1 Å². The van der Waals surface area contributed by atoms with Crippen molar-refractivity contribution in [3.63, 3.8) is 0 Å². The Morgan fingerprint density at radius 3 is 2.90 bits per heavy atom. The molecule has 3 N–H and O–H groups in total. The highest BCUT2D eigenvalue weighted by Gasteiger charge is 2.17. The molecule has 0 aliphatic carbocycles. The van der Waals surface area contributed by atoms with Crippen LogP contribution in [0.3, 0.4) is 0 Å². The van der Waals surface area contributed by atoms with Crippen LogP contribution >= 0.6 is 0 Å². The lowest BCUT2D eigenvalue weighted by molar-refractivity contribution is 0.468. The monoisotopic (exact) mass is 294 g/mol. The van der Waals surface area contributed by atoms with Gasteiger partial charge in [0, 0.05) is 36.8 Å². The molecule has 0 saturated carbocycles. The quantitative estimate of drug-likeness (QED) is 0.837. The average Bonchev–Trinajstić information content (AvgIpc) is 2.44. The largest absolute Gasteiger partial charge is 0.330 e. The van der Waals surface area contributed by atoms with E-state index in [0.717, 1.165) is 10.8 Å². The maximum Gasteiger partial charge on any atom is 0.301 e. The van der Waals surface area contributed by atoms with Crippen LogP contribution in [0.1, 0.15) is 6.42 Å². The first kappa shape index (κ1) is 14.7. The van der Waals surface area contributed by atoms with Crippen molar-refractivity contribution < 1.29 is 8.42 Å². The van der Waals surface area contributed by atoms with Gasteiger partial charge in [0.15, 0.2) is 0 Å². The second kappa shape index (κ2) is 6.17. The van der Waals surface area contributed by atoms with Gasteiger partial charge in [0.1, 0.15) is 0 Å². The minimum atomic E-state index is -3.57. The molecule has 2 aromatic rings. The molecular formula is C13H18N4O2S. The summed E-state index contributed by atoms with van der Waals surface area (Å²) in [5.41, 5.74) is 5.94. The third-order valence-corrected chi connectivity index (χ3v) is 4.49. The van der Waals surface area contributed by atoms with Gasteiger partial charge >= 0.3 is 10.2 Å². The topological polar surface area (TPSA) is 88.3 Å². The van der Waals surface area contributed by atoms with Crippen molar-refractivity contribution in [3.8, 4) is 0 Å². The van der Waals surface area contributed by atoms with Gasteiger partial charge < -0.3 is 5.73 Å². The number of hydrogen-bond donors (Lipinski definition) is 2. The molecule has 0 aliphatic heterocycles. The summed E-state index contributed by atoms with van der Waals surface area (Å²) in [4.78, 5) is 4.02. The molecule has 7 heteroatoms. The lowest BCUT2D eigenvalue weighted by atomic mass is 10.1. The van der Waals surface area contributed by atoms with Crippen LogP contribution in [0.2, 0.25) is 0 Å². The first-order valence-corrected chi connectivity index (χ1v) is 7.75. The third-order valence-electron chi connectivity index (χ3n) is 3.01. The van der Waals surface area contributed by atoms with E-state index >= 15 is 0 Å². The lowest BCUT2D eigenvalue weighted by Gasteiger charge is -2.18. The lowest BCUT2D eigenvalue weighted by Crippen LogP contribution is -2.34. The first-order chi connectivity index (χ1) is 9.54. The summed E-state index contributed by atoms with van der Waals surface area (Å²) >= 11 is 0. The molecule has 0 fully saturated rings. The van der Waals surface area contributed by atoms with Gasteiger partial charge in [-0.2, -0.15) is 12.7 Å². The van der Waals surface area contributed by atoms with Gasteiger partial charge in [-0.3, -0.25) is 9.71 Å². The number of anilines is 1. The molecule has 20 heavy (non-hydrogen) atoms. The van der Waals surface area contributed by atoms with Gasteiger partial charge in [-0.15, -0.1) is 0 Å². The van der Waals surface area contributed by atoms with Gasteiger partial charge in [0.25, 0.3) is 0 Å². The predicted octanol–water partition coefficient (Wildman–Crippen LogP) is 1.17. The highest BCUT2D eigenvalue weighted by Crippen LogP contribution is 2.23. The minimum Gasteiger partial charge on any atom is -0.330 e. The van der Waals surface area contributed by atoms with Crippen LogP contribution in [0.25, 0.3) is 10.8 Å². The van der Waals surface area contributed by atoms with Crippen LogP contribution in [0.5, 0.6) is 0 Å². The molecule has 0 saturated heterocycles. The summed E-state index contributed by atoms with van der Waals surface area (Å²) < 4.78 is 28.3. The molecular weight excluding hydrogens is 276 g/mol. The van der Waals surface area contributed by atoms with Crippen LogP contribution in [0, 0.1) is 0 Å². The molecule has 108 valence electrons. The van der Waals surface area contributed by atoms with E-state index in [0.29, 0.717) is 25.2 Å². The van der Waals surface area contributed by atoms with Gasteiger partial charge in [-0.1, -0.05) is 12.1 Å². The number of nitrogens with two attached hydrogens (primary N) is 1. The summed E-state index contributed by atoms with van der Waals surface area (Å²) in [5, 5.41) is 1.70. The van der Waals surface area contributed by atoms with E-state index < -0.39 is 10.2 Å². The average molecular weight is 294 g/mol. The van der Waals surface area contributed by atoms with E-state index in [-0.39, 0.29) is 0 Å². The predicted molar refractivity (Wildman–Crippen MR) is 80.6 cm³/mol. The Kier molecular flexibility index (Phi) is 4.53. The molecule has 0 amide bonds. The van der Waals surface area contributed by atoms with Crippen LogP contribution in [-0.2, 0) is 10.2 Å². The van der Waals surface area contributed by atoms with Crippen molar-refractivity contribution in [2.24, 2.45) is 5.73 Å². The SMILES string of the molecule is CN(CCCN)S(=O)(=O)Nc1cccc2cnccc12. The Morgan fingerprint density at radius 1 is 1.35 bits per heavy atom. The standard InChI is InChI=1S/C13H18N4O2S/c1-17(9-3-7-14)20(18,19)16-13-5-2-4-11-10-15-8-6-12(11)13/h2,4-6,8,10,16H,3,7,9,14H2,1H3. The summed E-state index contributed by atoms with van der Waals surface area (Å²) in [6.07, 6.45) is 3.96. The highest BCUT2D eigenvalue weighted by molar-refractivity contribution is 7.90. The Bertz CT molecular complexity index is 682. The Labute approximate surface area is 118 Å². The number of pyridine rings is 1. The third kappa shape index (κ3) is 3.24. The maximum atomic E-state index is 12.2. The second-order valence-electron chi connectivity index (χ2n) is 4.47. The maximum absolute atomic E-state index is 12.2. The van der Waals surface area contributed by atoms with Crippen LogP contribution in [0.15, 0.2) is 36.7 Å². The zero-order valence-electron chi connectivity index (χ0n) is 11.3.